The zero-order valence-electron chi connectivity index (χ0n) is 9.71. The van der Waals surface area contributed by atoms with Crippen LogP contribution in [0.15, 0.2) is 18.2 Å². The number of ether oxygens (including phenoxy) is 1. The van der Waals surface area contributed by atoms with Crippen LogP contribution in [-0.2, 0) is 9.53 Å². The van der Waals surface area contributed by atoms with Gasteiger partial charge in [0.25, 0.3) is 0 Å². The molecule has 0 bridgehead atoms. The first-order valence-corrected chi connectivity index (χ1v) is 5.19. The van der Waals surface area contributed by atoms with Crippen molar-refractivity contribution in [1.29, 1.82) is 0 Å². The number of rotatable bonds is 4. The van der Waals surface area contributed by atoms with Crippen LogP contribution >= 0.6 is 0 Å². The molecule has 0 spiro atoms. The summed E-state index contributed by atoms with van der Waals surface area (Å²) in [6.45, 7) is 3.72. The van der Waals surface area contributed by atoms with Crippen LogP contribution in [0.2, 0.25) is 0 Å². The number of anilines is 1. The molecule has 0 aliphatic rings. The van der Waals surface area contributed by atoms with Crippen LogP contribution in [0.1, 0.15) is 18.9 Å². The molecule has 4 heteroatoms. The minimum atomic E-state index is -0.439. The van der Waals surface area contributed by atoms with Crippen molar-refractivity contribution in [3.63, 3.8) is 0 Å². The molecule has 0 aromatic heterocycles. The van der Waals surface area contributed by atoms with Crippen molar-refractivity contribution in [1.82, 2.24) is 0 Å². The van der Waals surface area contributed by atoms with E-state index in [9.17, 15) is 9.18 Å². The van der Waals surface area contributed by atoms with Crippen LogP contribution in [-0.4, -0.2) is 19.1 Å². The van der Waals surface area contributed by atoms with Crippen LogP contribution in [0.4, 0.5) is 10.1 Å². The molecular formula is C12H16FNO2. The third-order valence-corrected chi connectivity index (χ3v) is 2.42. The molecule has 0 heterocycles. The maximum Gasteiger partial charge on any atom is 0.328 e. The van der Waals surface area contributed by atoms with E-state index in [-0.39, 0.29) is 11.8 Å². The van der Waals surface area contributed by atoms with E-state index in [0.717, 1.165) is 5.56 Å². The van der Waals surface area contributed by atoms with Crippen LogP contribution in [0.3, 0.4) is 0 Å². The number of hydrogen-bond acceptors (Lipinski definition) is 3. The van der Waals surface area contributed by atoms with Gasteiger partial charge in [-0.3, -0.25) is 0 Å². The van der Waals surface area contributed by atoms with Crippen LogP contribution in [0, 0.1) is 12.7 Å². The second-order valence-corrected chi connectivity index (χ2v) is 3.59. The predicted molar refractivity (Wildman–Crippen MR) is 60.9 cm³/mol. The van der Waals surface area contributed by atoms with Crippen molar-refractivity contribution in [3.8, 4) is 0 Å². The van der Waals surface area contributed by atoms with Gasteiger partial charge >= 0.3 is 5.97 Å². The minimum Gasteiger partial charge on any atom is -0.467 e. The molecule has 3 nitrogen and oxygen atoms in total. The van der Waals surface area contributed by atoms with Crippen molar-refractivity contribution in [3.05, 3.63) is 29.6 Å². The quantitative estimate of drug-likeness (QED) is 0.800. The molecule has 1 unspecified atom stereocenters. The number of halogens is 1. The van der Waals surface area contributed by atoms with Gasteiger partial charge in [0.05, 0.1) is 7.11 Å². The van der Waals surface area contributed by atoms with Crippen molar-refractivity contribution < 1.29 is 13.9 Å². The summed E-state index contributed by atoms with van der Waals surface area (Å²) in [7, 11) is 1.34. The Hall–Kier alpha value is -1.58. The maximum atomic E-state index is 13.0. The second kappa shape index (κ2) is 5.49. The summed E-state index contributed by atoms with van der Waals surface area (Å²) in [5.74, 6) is -0.668. The van der Waals surface area contributed by atoms with E-state index >= 15 is 0 Å². The van der Waals surface area contributed by atoms with E-state index in [4.69, 9.17) is 0 Å². The lowest BCUT2D eigenvalue weighted by Crippen LogP contribution is -2.30. The van der Waals surface area contributed by atoms with Gasteiger partial charge in [-0.15, -0.1) is 0 Å². The first kappa shape index (κ1) is 12.5. The molecule has 1 aromatic rings. The lowest BCUT2D eigenvalue weighted by atomic mass is 10.1. The van der Waals surface area contributed by atoms with Crippen molar-refractivity contribution in [2.24, 2.45) is 0 Å². The Balaban J connectivity index is 2.85. The number of hydrogen-bond donors (Lipinski definition) is 1. The van der Waals surface area contributed by atoms with Crippen molar-refractivity contribution in [2.75, 3.05) is 12.4 Å². The molecule has 0 fully saturated rings. The highest BCUT2D eigenvalue weighted by atomic mass is 19.1. The molecule has 0 aliphatic carbocycles. The molecule has 0 radical (unpaired) electrons. The number of carbonyl (C=O) groups is 1. The predicted octanol–water partition coefficient (Wildman–Crippen LogP) is 2.50. The SMILES string of the molecule is CCC(Nc1cc(F)ccc1C)C(=O)OC. The fraction of sp³-hybridized carbons (Fsp3) is 0.417. The third kappa shape index (κ3) is 2.95. The average molecular weight is 225 g/mol. The van der Waals surface area contributed by atoms with Gasteiger partial charge in [0.1, 0.15) is 11.9 Å². The molecule has 0 saturated heterocycles. The monoisotopic (exact) mass is 225 g/mol. The smallest absolute Gasteiger partial charge is 0.328 e. The molecular weight excluding hydrogens is 209 g/mol. The Morgan fingerprint density at radius 2 is 2.25 bits per heavy atom. The summed E-state index contributed by atoms with van der Waals surface area (Å²) in [5.41, 5.74) is 1.51. The second-order valence-electron chi connectivity index (χ2n) is 3.59. The molecule has 16 heavy (non-hydrogen) atoms. The first-order valence-electron chi connectivity index (χ1n) is 5.19. The zero-order valence-corrected chi connectivity index (χ0v) is 9.71. The number of benzene rings is 1. The Kier molecular flexibility index (Phi) is 4.28. The molecule has 1 rings (SSSR count). The van der Waals surface area contributed by atoms with Gasteiger partial charge < -0.3 is 10.1 Å². The first-order chi connectivity index (χ1) is 7.58. The normalized spacial score (nSPS) is 12.0. The highest BCUT2D eigenvalue weighted by Crippen LogP contribution is 2.18. The molecule has 0 aliphatic heterocycles. The summed E-state index contributed by atoms with van der Waals surface area (Å²) in [6.07, 6.45) is 0.586. The van der Waals surface area contributed by atoms with Crippen LogP contribution in [0.25, 0.3) is 0 Å². The van der Waals surface area contributed by atoms with E-state index in [1.165, 1.54) is 19.2 Å². The maximum absolute atomic E-state index is 13.0. The third-order valence-electron chi connectivity index (χ3n) is 2.42. The van der Waals surface area contributed by atoms with Gasteiger partial charge in [-0.1, -0.05) is 13.0 Å². The molecule has 88 valence electrons. The van der Waals surface area contributed by atoms with Crippen molar-refractivity contribution >= 4 is 11.7 Å². The fourth-order valence-electron chi connectivity index (χ4n) is 1.41. The Labute approximate surface area is 94.6 Å². The Morgan fingerprint density at radius 3 is 2.81 bits per heavy atom. The van der Waals surface area contributed by atoms with E-state index in [2.05, 4.69) is 10.1 Å². The summed E-state index contributed by atoms with van der Waals surface area (Å²) < 4.78 is 17.7. The molecule has 0 saturated carbocycles. The highest BCUT2D eigenvalue weighted by Gasteiger charge is 2.17. The number of nitrogens with one attached hydrogen (secondary N) is 1. The van der Waals surface area contributed by atoms with Crippen LogP contribution in [0.5, 0.6) is 0 Å². The van der Waals surface area contributed by atoms with Crippen molar-refractivity contribution in [2.45, 2.75) is 26.3 Å². The zero-order chi connectivity index (χ0) is 12.1. The van der Waals surface area contributed by atoms with Gasteiger partial charge in [0, 0.05) is 5.69 Å². The topological polar surface area (TPSA) is 38.3 Å². The van der Waals surface area contributed by atoms with E-state index in [0.29, 0.717) is 12.1 Å². The summed E-state index contributed by atoms with van der Waals surface area (Å²) in [4.78, 5) is 11.4. The summed E-state index contributed by atoms with van der Waals surface area (Å²) >= 11 is 0. The fourth-order valence-corrected chi connectivity index (χ4v) is 1.41. The summed E-state index contributed by atoms with van der Waals surface area (Å²) in [5, 5.41) is 2.97. The standard InChI is InChI=1S/C12H16FNO2/c1-4-10(12(15)16-3)14-11-7-9(13)6-5-8(11)2/h5-7,10,14H,4H2,1-3H3. The number of carbonyl (C=O) groups excluding carboxylic acids is 1. The van der Waals surface area contributed by atoms with E-state index < -0.39 is 6.04 Å². The lowest BCUT2D eigenvalue weighted by molar-refractivity contribution is -0.141. The number of aryl methyl sites for hydroxylation is 1. The molecule has 0 amide bonds. The van der Waals surface area contributed by atoms with Gasteiger partial charge in [0.15, 0.2) is 0 Å². The largest absolute Gasteiger partial charge is 0.467 e. The van der Waals surface area contributed by atoms with Gasteiger partial charge in [-0.25, -0.2) is 9.18 Å². The minimum absolute atomic E-state index is 0.326. The molecule has 1 N–H and O–H groups in total. The summed E-state index contributed by atoms with van der Waals surface area (Å²) in [6, 6.07) is 3.99. The molecule has 1 atom stereocenters. The lowest BCUT2D eigenvalue weighted by Gasteiger charge is -2.17. The van der Waals surface area contributed by atoms with Gasteiger partial charge in [-0.05, 0) is 31.0 Å². The van der Waals surface area contributed by atoms with Crippen LogP contribution < -0.4 is 5.32 Å². The Morgan fingerprint density at radius 1 is 1.56 bits per heavy atom. The number of esters is 1. The molecule has 1 aromatic carbocycles. The van der Waals surface area contributed by atoms with E-state index in [1.807, 2.05) is 13.8 Å². The van der Waals surface area contributed by atoms with Gasteiger partial charge in [0.2, 0.25) is 0 Å². The average Bonchev–Trinajstić information content (AvgIpc) is 2.29. The Bertz CT molecular complexity index is 379. The number of methoxy groups -OCH3 is 1. The van der Waals surface area contributed by atoms with Gasteiger partial charge in [-0.2, -0.15) is 0 Å². The highest BCUT2D eigenvalue weighted by molar-refractivity contribution is 5.79. The van der Waals surface area contributed by atoms with E-state index in [1.54, 1.807) is 6.07 Å².